The van der Waals surface area contributed by atoms with E-state index in [1.54, 1.807) is 27.8 Å². The van der Waals surface area contributed by atoms with E-state index in [1.807, 2.05) is 0 Å². The van der Waals surface area contributed by atoms with Crippen LogP contribution in [0.5, 0.6) is 0 Å². The van der Waals surface area contributed by atoms with E-state index < -0.39 is 40.6 Å². The van der Waals surface area contributed by atoms with Crippen LogP contribution in [0.3, 0.4) is 0 Å². The molecule has 4 N–H and O–H groups in total. The molecule has 0 fully saturated rings. The van der Waals surface area contributed by atoms with Gasteiger partial charge < -0.3 is 26.0 Å². The number of aromatic nitrogens is 2. The number of thiazole rings is 1. The maximum absolute atomic E-state index is 14.0. The Hall–Kier alpha value is -4.13. The molecule has 2 aromatic heterocycles. The molecule has 13 heteroatoms. The highest BCUT2D eigenvalue weighted by atomic mass is 32.1. The number of benzene rings is 1. The number of halogens is 2. The van der Waals surface area contributed by atoms with Crippen LogP contribution in [0.1, 0.15) is 46.4 Å². The van der Waals surface area contributed by atoms with Crippen molar-refractivity contribution in [2.24, 2.45) is 0 Å². The zero-order valence-electron chi connectivity index (χ0n) is 20.6. The third kappa shape index (κ3) is 7.19. The predicted molar refractivity (Wildman–Crippen MR) is 135 cm³/mol. The molecule has 0 unspecified atom stereocenters. The lowest BCUT2D eigenvalue weighted by Crippen LogP contribution is -2.39. The second-order valence-electron chi connectivity index (χ2n) is 8.87. The second-order valence-corrected chi connectivity index (χ2v) is 9.87. The molecule has 0 saturated carbocycles. The van der Waals surface area contributed by atoms with E-state index in [9.17, 15) is 23.2 Å². The number of hydrogen-bond donors (Lipinski definition) is 3. The minimum absolute atomic E-state index is 0.126. The lowest BCUT2D eigenvalue weighted by molar-refractivity contribution is 0.0299. The Kier molecular flexibility index (Phi) is 8.38. The number of rotatable bonds is 8. The fourth-order valence-electron chi connectivity index (χ4n) is 2.96. The Balaban J connectivity index is 1.58. The van der Waals surface area contributed by atoms with Crippen LogP contribution in [-0.4, -0.2) is 58.4 Å². The lowest BCUT2D eigenvalue weighted by Gasteiger charge is -2.24. The number of amides is 2. The maximum Gasteiger partial charge on any atom is 0.410 e. The molecule has 3 aromatic rings. The summed E-state index contributed by atoms with van der Waals surface area (Å²) in [6.45, 7) is 5.74. The first-order valence-electron chi connectivity index (χ1n) is 11.1. The van der Waals surface area contributed by atoms with E-state index in [0.717, 1.165) is 29.5 Å². The van der Waals surface area contributed by atoms with Crippen LogP contribution in [0.15, 0.2) is 36.5 Å². The van der Waals surface area contributed by atoms with Gasteiger partial charge >= 0.3 is 6.09 Å². The van der Waals surface area contributed by atoms with Gasteiger partial charge in [0.2, 0.25) is 5.78 Å². The van der Waals surface area contributed by atoms with E-state index in [2.05, 4.69) is 20.6 Å². The molecule has 0 aliphatic rings. The molecular weight excluding hydrogens is 506 g/mol. The number of nitrogen functional groups attached to an aromatic ring is 1. The summed E-state index contributed by atoms with van der Waals surface area (Å²) in [7, 11) is 1.57. The van der Waals surface area contributed by atoms with Crippen LogP contribution in [0.25, 0.3) is 0 Å². The molecule has 0 saturated heterocycles. The van der Waals surface area contributed by atoms with E-state index >= 15 is 0 Å². The number of pyridine rings is 1. The van der Waals surface area contributed by atoms with Gasteiger partial charge in [0.15, 0.2) is 5.13 Å². The Morgan fingerprint density at radius 2 is 1.81 bits per heavy atom. The van der Waals surface area contributed by atoms with Crippen LogP contribution in [0, 0.1) is 11.6 Å². The first-order valence-corrected chi connectivity index (χ1v) is 11.9. The first-order chi connectivity index (χ1) is 17.4. The monoisotopic (exact) mass is 532 g/mol. The van der Waals surface area contributed by atoms with Crippen molar-refractivity contribution in [3.63, 3.8) is 0 Å². The van der Waals surface area contributed by atoms with Crippen LogP contribution >= 0.6 is 11.3 Å². The van der Waals surface area contributed by atoms with E-state index in [1.165, 1.54) is 23.2 Å². The average Bonchev–Trinajstić information content (AvgIpc) is 3.17. The summed E-state index contributed by atoms with van der Waals surface area (Å²) in [6, 6.07) is 6.14. The fraction of sp³-hybridized carbons (Fsp3) is 0.292. The van der Waals surface area contributed by atoms with Gasteiger partial charge in [-0.25, -0.2) is 23.5 Å². The molecule has 0 spiro atoms. The highest BCUT2D eigenvalue weighted by Crippen LogP contribution is 2.30. The largest absolute Gasteiger partial charge is 0.444 e. The van der Waals surface area contributed by atoms with Crippen molar-refractivity contribution in [2.45, 2.75) is 26.4 Å². The minimum atomic E-state index is -1.00. The van der Waals surface area contributed by atoms with Crippen molar-refractivity contribution in [3.8, 4) is 0 Å². The molecule has 196 valence electrons. The third-order valence-electron chi connectivity index (χ3n) is 4.75. The van der Waals surface area contributed by atoms with Crippen molar-refractivity contribution in [1.29, 1.82) is 0 Å². The number of ketones is 1. The van der Waals surface area contributed by atoms with Gasteiger partial charge in [-0.2, -0.15) is 0 Å². The summed E-state index contributed by atoms with van der Waals surface area (Å²) >= 11 is 0.813. The van der Waals surface area contributed by atoms with Gasteiger partial charge in [-0.05, 0) is 45.0 Å². The smallest absolute Gasteiger partial charge is 0.410 e. The Morgan fingerprint density at radius 1 is 1.14 bits per heavy atom. The third-order valence-corrected chi connectivity index (χ3v) is 5.73. The van der Waals surface area contributed by atoms with Crippen LogP contribution < -0.4 is 16.4 Å². The summed E-state index contributed by atoms with van der Waals surface area (Å²) in [4.78, 5) is 46.3. The molecule has 1 aromatic carbocycles. The van der Waals surface area contributed by atoms with Gasteiger partial charge in [0.05, 0.1) is 11.1 Å². The Morgan fingerprint density at radius 3 is 2.41 bits per heavy atom. The number of anilines is 3. The molecule has 37 heavy (non-hydrogen) atoms. The predicted octanol–water partition coefficient (Wildman–Crippen LogP) is 3.97. The standard InChI is InChI=1S/C24H26F2N6O4S/c1-24(2,3)36-23(35)32(4)11-10-28-21(34)13-8-9-16(29-12-13)30-22-31-20(27)19(37-22)18(33)17-14(25)6-5-7-15(17)26/h5-9,12H,10-11,27H2,1-4H3,(H,28,34)(H,29,30,31). The van der Waals surface area contributed by atoms with Gasteiger partial charge in [-0.15, -0.1) is 0 Å². The molecule has 0 bridgehead atoms. The number of nitrogens with one attached hydrogen (secondary N) is 2. The van der Waals surface area contributed by atoms with Crippen molar-refractivity contribution in [2.75, 3.05) is 31.2 Å². The molecular formula is C24H26F2N6O4S. The summed E-state index contributed by atoms with van der Waals surface area (Å²) < 4.78 is 33.2. The second kappa shape index (κ2) is 11.3. The topological polar surface area (TPSA) is 140 Å². The van der Waals surface area contributed by atoms with Crippen molar-refractivity contribution in [3.05, 3.63) is 64.2 Å². The zero-order chi connectivity index (χ0) is 27.3. The highest BCUT2D eigenvalue weighted by Gasteiger charge is 2.24. The highest BCUT2D eigenvalue weighted by molar-refractivity contribution is 7.18. The SMILES string of the molecule is CN(CCNC(=O)c1ccc(Nc2nc(N)c(C(=O)c3c(F)cccc3F)s2)nc1)C(=O)OC(C)(C)C. The normalized spacial score (nSPS) is 11.1. The van der Waals surface area contributed by atoms with Gasteiger partial charge in [0.25, 0.3) is 5.91 Å². The summed E-state index contributed by atoms with van der Waals surface area (Å²) in [6.07, 6.45) is 0.832. The number of likely N-dealkylation sites (N-methyl/N-ethyl adjacent to an activating group) is 1. The lowest BCUT2D eigenvalue weighted by atomic mass is 10.1. The number of nitrogens with two attached hydrogens (primary N) is 1. The molecule has 3 rings (SSSR count). The van der Waals surface area contributed by atoms with E-state index in [-0.39, 0.29) is 34.5 Å². The van der Waals surface area contributed by atoms with Crippen LogP contribution in [0.2, 0.25) is 0 Å². The number of carbonyl (C=O) groups excluding carboxylic acids is 3. The Labute approximate surface area is 215 Å². The van der Waals surface area contributed by atoms with Gasteiger partial charge in [-0.1, -0.05) is 17.4 Å². The molecule has 0 radical (unpaired) electrons. The van der Waals surface area contributed by atoms with Crippen molar-refractivity contribution < 1.29 is 27.9 Å². The number of nitrogens with zero attached hydrogens (tertiary/aromatic N) is 3. The number of hydrogen-bond acceptors (Lipinski definition) is 9. The fourth-order valence-corrected chi connectivity index (χ4v) is 3.80. The summed E-state index contributed by atoms with van der Waals surface area (Å²) in [5, 5.41) is 5.71. The van der Waals surface area contributed by atoms with E-state index in [0.29, 0.717) is 5.82 Å². The van der Waals surface area contributed by atoms with Crippen molar-refractivity contribution >= 4 is 45.9 Å². The number of carbonyl (C=O) groups is 3. The van der Waals surface area contributed by atoms with Crippen LogP contribution in [0.4, 0.5) is 30.3 Å². The van der Waals surface area contributed by atoms with Crippen molar-refractivity contribution in [1.82, 2.24) is 20.2 Å². The summed E-state index contributed by atoms with van der Waals surface area (Å²) in [5.74, 6) is -3.21. The van der Waals surface area contributed by atoms with E-state index in [4.69, 9.17) is 10.5 Å². The number of ether oxygens (including phenoxy) is 1. The van der Waals surface area contributed by atoms with Crippen LogP contribution in [-0.2, 0) is 4.74 Å². The van der Waals surface area contributed by atoms with Gasteiger partial charge in [-0.3, -0.25) is 9.59 Å². The van der Waals surface area contributed by atoms with Gasteiger partial charge in [0, 0.05) is 26.3 Å². The quantitative estimate of drug-likeness (QED) is 0.370. The Bertz CT molecular complexity index is 1290. The zero-order valence-corrected chi connectivity index (χ0v) is 21.4. The minimum Gasteiger partial charge on any atom is -0.444 e. The van der Waals surface area contributed by atoms with Gasteiger partial charge in [0.1, 0.15) is 33.7 Å². The molecule has 10 nitrogen and oxygen atoms in total. The molecule has 2 amide bonds. The molecule has 0 aliphatic heterocycles. The molecule has 0 atom stereocenters. The average molecular weight is 533 g/mol. The maximum atomic E-state index is 14.0. The summed E-state index contributed by atoms with van der Waals surface area (Å²) in [5.41, 5.74) is 4.75. The first kappa shape index (κ1) is 27.5. The molecule has 2 heterocycles. The molecule has 0 aliphatic carbocycles.